The van der Waals surface area contributed by atoms with Crippen molar-refractivity contribution in [2.75, 3.05) is 18.9 Å². The van der Waals surface area contributed by atoms with Crippen LogP contribution in [0, 0.1) is 5.92 Å². The van der Waals surface area contributed by atoms with Gasteiger partial charge in [0, 0.05) is 30.2 Å². The zero-order valence-electron chi connectivity index (χ0n) is 10.7. The molecular weight excluding hydrogens is 328 g/mol. The van der Waals surface area contributed by atoms with Crippen molar-refractivity contribution in [2.45, 2.75) is 6.42 Å². The van der Waals surface area contributed by atoms with Crippen LogP contribution in [-0.2, 0) is 9.59 Å². The largest absolute Gasteiger partial charge is 0.478 e. The number of anilines is 1. The minimum Gasteiger partial charge on any atom is -0.478 e. The van der Waals surface area contributed by atoms with Gasteiger partial charge >= 0.3 is 5.97 Å². The van der Waals surface area contributed by atoms with Gasteiger partial charge in [0.05, 0.1) is 11.5 Å². The first-order valence-electron chi connectivity index (χ1n) is 5.95. The van der Waals surface area contributed by atoms with Crippen LogP contribution in [0.1, 0.15) is 16.8 Å². The third-order valence-corrected chi connectivity index (χ3v) is 3.58. The lowest BCUT2D eigenvalue weighted by Gasteiger charge is -2.11. The first-order valence-corrected chi connectivity index (χ1v) is 6.75. The molecule has 1 heterocycles. The van der Waals surface area contributed by atoms with Crippen LogP contribution in [0.4, 0.5) is 5.69 Å². The molecule has 7 heteroatoms. The Labute approximate surface area is 123 Å². The van der Waals surface area contributed by atoms with E-state index in [1.807, 2.05) is 0 Å². The summed E-state index contributed by atoms with van der Waals surface area (Å²) in [6.45, 7) is 0.379. The fourth-order valence-corrected chi connectivity index (χ4v) is 2.56. The van der Waals surface area contributed by atoms with Gasteiger partial charge in [-0.25, -0.2) is 4.79 Å². The average Bonchev–Trinajstić information content (AvgIpc) is 2.69. The lowest BCUT2D eigenvalue weighted by molar-refractivity contribution is -0.127. The van der Waals surface area contributed by atoms with E-state index in [0.29, 0.717) is 16.7 Å². The summed E-state index contributed by atoms with van der Waals surface area (Å²) in [6.07, 6.45) is 0.183. The van der Waals surface area contributed by atoms with Gasteiger partial charge in [-0.05, 0) is 18.2 Å². The minimum atomic E-state index is -1.07. The lowest BCUT2D eigenvalue weighted by atomic mass is 10.1. The van der Waals surface area contributed by atoms with Gasteiger partial charge in [0.2, 0.25) is 11.8 Å². The van der Waals surface area contributed by atoms with Crippen LogP contribution in [0.5, 0.6) is 0 Å². The van der Waals surface area contributed by atoms with Crippen LogP contribution in [0.25, 0.3) is 0 Å². The maximum absolute atomic E-state index is 12.0. The van der Waals surface area contributed by atoms with Crippen LogP contribution in [-0.4, -0.2) is 41.4 Å². The van der Waals surface area contributed by atoms with Crippen molar-refractivity contribution in [2.24, 2.45) is 5.92 Å². The van der Waals surface area contributed by atoms with Gasteiger partial charge < -0.3 is 15.3 Å². The number of benzene rings is 1. The van der Waals surface area contributed by atoms with E-state index in [9.17, 15) is 14.4 Å². The number of hydrogen-bond donors (Lipinski definition) is 2. The molecule has 0 bridgehead atoms. The number of likely N-dealkylation sites (tertiary alicyclic amines) is 1. The molecule has 1 aliphatic heterocycles. The minimum absolute atomic E-state index is 0.0642. The Hall–Kier alpha value is -1.89. The Balaban J connectivity index is 2.12. The molecule has 0 aromatic heterocycles. The van der Waals surface area contributed by atoms with Gasteiger partial charge in [-0.3, -0.25) is 9.59 Å². The molecule has 2 rings (SSSR count). The summed E-state index contributed by atoms with van der Waals surface area (Å²) in [5.41, 5.74) is 0.470. The smallest absolute Gasteiger partial charge is 0.335 e. The predicted octanol–water partition coefficient (Wildman–Crippen LogP) is 1.56. The molecule has 1 atom stereocenters. The summed E-state index contributed by atoms with van der Waals surface area (Å²) in [7, 11) is 1.65. The van der Waals surface area contributed by atoms with E-state index in [-0.39, 0.29) is 23.8 Å². The number of hydrogen-bond acceptors (Lipinski definition) is 3. The zero-order valence-corrected chi connectivity index (χ0v) is 12.3. The first-order chi connectivity index (χ1) is 9.36. The highest BCUT2D eigenvalue weighted by atomic mass is 79.9. The Bertz CT molecular complexity index is 588. The fraction of sp³-hybridized carbons (Fsp3) is 0.308. The molecule has 1 aromatic rings. The van der Waals surface area contributed by atoms with Crippen molar-refractivity contribution in [3.05, 3.63) is 28.2 Å². The third-order valence-electron chi connectivity index (χ3n) is 3.12. The van der Waals surface area contributed by atoms with E-state index in [0.717, 1.165) is 0 Å². The molecule has 2 amide bonds. The fourth-order valence-electron chi connectivity index (χ4n) is 2.07. The second kappa shape index (κ2) is 5.62. The molecule has 1 saturated heterocycles. The highest BCUT2D eigenvalue weighted by molar-refractivity contribution is 9.10. The summed E-state index contributed by atoms with van der Waals surface area (Å²) in [5, 5.41) is 11.6. The SMILES string of the molecule is CN1CC(C(=O)Nc2cc(Br)cc(C(=O)O)c2)CC1=O. The summed E-state index contributed by atoms with van der Waals surface area (Å²) < 4.78 is 0.562. The molecular formula is C13H13BrN2O4. The van der Waals surface area contributed by atoms with Gasteiger partial charge in [-0.2, -0.15) is 0 Å². The van der Waals surface area contributed by atoms with Gasteiger partial charge in [0.15, 0.2) is 0 Å². The molecule has 0 spiro atoms. The second-order valence-corrected chi connectivity index (χ2v) is 5.61. The molecule has 6 nitrogen and oxygen atoms in total. The number of nitrogens with one attached hydrogen (secondary N) is 1. The highest BCUT2D eigenvalue weighted by Gasteiger charge is 2.32. The standard InChI is InChI=1S/C13H13BrN2O4/c1-16-6-8(4-11(16)17)12(18)15-10-3-7(13(19)20)2-9(14)5-10/h2-3,5,8H,4,6H2,1H3,(H,15,18)(H,19,20). The normalized spacial score (nSPS) is 18.2. The summed E-state index contributed by atoms with van der Waals surface area (Å²) >= 11 is 3.20. The molecule has 1 aliphatic rings. The Morgan fingerprint density at radius 1 is 1.40 bits per heavy atom. The van der Waals surface area contributed by atoms with Crippen LogP contribution >= 0.6 is 15.9 Å². The maximum atomic E-state index is 12.0. The van der Waals surface area contributed by atoms with E-state index in [4.69, 9.17) is 5.11 Å². The van der Waals surface area contributed by atoms with Crippen LogP contribution in [0.3, 0.4) is 0 Å². The second-order valence-electron chi connectivity index (χ2n) is 4.70. The van der Waals surface area contributed by atoms with Gasteiger partial charge in [0.1, 0.15) is 0 Å². The number of carbonyl (C=O) groups is 3. The van der Waals surface area contributed by atoms with Crippen LogP contribution in [0.2, 0.25) is 0 Å². The molecule has 2 N–H and O–H groups in total. The molecule has 0 aliphatic carbocycles. The van der Waals surface area contributed by atoms with Crippen molar-refractivity contribution in [3.63, 3.8) is 0 Å². The number of halogens is 1. The van der Waals surface area contributed by atoms with E-state index < -0.39 is 11.9 Å². The van der Waals surface area contributed by atoms with E-state index in [1.165, 1.54) is 17.0 Å². The Kier molecular flexibility index (Phi) is 4.08. The molecule has 0 saturated carbocycles. The average molecular weight is 341 g/mol. The maximum Gasteiger partial charge on any atom is 0.335 e. The van der Waals surface area contributed by atoms with E-state index >= 15 is 0 Å². The van der Waals surface area contributed by atoms with Crippen molar-refractivity contribution in [3.8, 4) is 0 Å². The third kappa shape index (κ3) is 3.16. The van der Waals surface area contributed by atoms with Gasteiger partial charge in [-0.15, -0.1) is 0 Å². The topological polar surface area (TPSA) is 86.7 Å². The molecule has 106 valence electrons. The van der Waals surface area contributed by atoms with Crippen molar-refractivity contribution in [1.82, 2.24) is 4.90 Å². The molecule has 0 radical (unpaired) electrons. The van der Waals surface area contributed by atoms with E-state index in [2.05, 4.69) is 21.2 Å². The zero-order chi connectivity index (χ0) is 14.9. The van der Waals surface area contributed by atoms with Crippen LogP contribution < -0.4 is 5.32 Å². The quantitative estimate of drug-likeness (QED) is 0.874. The Morgan fingerprint density at radius 3 is 2.65 bits per heavy atom. The lowest BCUT2D eigenvalue weighted by Crippen LogP contribution is -2.25. The van der Waals surface area contributed by atoms with Crippen molar-refractivity contribution < 1.29 is 19.5 Å². The molecule has 1 aromatic carbocycles. The monoisotopic (exact) mass is 340 g/mol. The molecule has 1 fully saturated rings. The van der Waals surface area contributed by atoms with Gasteiger partial charge in [0.25, 0.3) is 0 Å². The van der Waals surface area contributed by atoms with Crippen molar-refractivity contribution in [1.29, 1.82) is 0 Å². The number of carboxylic acid groups (broad SMARTS) is 1. The van der Waals surface area contributed by atoms with Crippen molar-refractivity contribution >= 4 is 39.4 Å². The highest BCUT2D eigenvalue weighted by Crippen LogP contribution is 2.22. The number of carbonyl (C=O) groups excluding carboxylic acids is 2. The summed E-state index contributed by atoms with van der Waals surface area (Å²) in [5.74, 6) is -1.82. The van der Waals surface area contributed by atoms with Gasteiger partial charge in [-0.1, -0.05) is 15.9 Å². The Morgan fingerprint density at radius 2 is 2.10 bits per heavy atom. The number of aromatic carboxylic acids is 1. The first kappa shape index (κ1) is 14.5. The van der Waals surface area contributed by atoms with Crippen LogP contribution in [0.15, 0.2) is 22.7 Å². The number of nitrogens with zero attached hydrogens (tertiary/aromatic N) is 1. The molecule has 20 heavy (non-hydrogen) atoms. The number of rotatable bonds is 3. The predicted molar refractivity (Wildman–Crippen MR) is 75.5 cm³/mol. The summed E-state index contributed by atoms with van der Waals surface area (Å²) in [6, 6.07) is 4.45. The number of carboxylic acids is 1. The molecule has 1 unspecified atom stereocenters. The number of amides is 2. The summed E-state index contributed by atoms with van der Waals surface area (Å²) in [4.78, 5) is 35.9. The van der Waals surface area contributed by atoms with E-state index in [1.54, 1.807) is 13.1 Å².